The lowest BCUT2D eigenvalue weighted by molar-refractivity contribution is -0.141. The number of piperidine rings is 1. The molecule has 8 nitrogen and oxygen atoms in total. The van der Waals surface area contributed by atoms with Crippen molar-refractivity contribution in [3.63, 3.8) is 0 Å². The Kier molecular flexibility index (Phi) is 7.25. The monoisotopic (exact) mass is 536 g/mol. The van der Waals surface area contributed by atoms with Gasteiger partial charge < -0.3 is 19.4 Å². The minimum absolute atomic E-state index is 0.0431. The number of carbonyl (C=O) groups excluding carboxylic acids is 3. The van der Waals surface area contributed by atoms with Gasteiger partial charge in [-0.3, -0.25) is 9.59 Å². The van der Waals surface area contributed by atoms with E-state index < -0.39 is 23.4 Å². The largest absolute Gasteiger partial charge is 0.415 e. The number of hydrogen-bond acceptors (Lipinski definition) is 5. The molecule has 5 rings (SSSR count). The summed E-state index contributed by atoms with van der Waals surface area (Å²) in [5, 5.41) is 9.35. The number of benzene rings is 2. The molecule has 2 saturated heterocycles. The summed E-state index contributed by atoms with van der Waals surface area (Å²) in [5.41, 5.74) is -0.0705. The molecule has 204 valence electrons. The lowest BCUT2D eigenvalue weighted by Gasteiger charge is -2.34. The van der Waals surface area contributed by atoms with Crippen molar-refractivity contribution in [2.24, 2.45) is 11.3 Å². The number of nitriles is 1. The van der Waals surface area contributed by atoms with Crippen molar-refractivity contribution in [1.82, 2.24) is 14.7 Å². The fourth-order valence-electron chi connectivity index (χ4n) is 5.60. The maximum absolute atomic E-state index is 13.6. The van der Waals surface area contributed by atoms with E-state index in [1.165, 1.54) is 41.3 Å². The van der Waals surface area contributed by atoms with Crippen LogP contribution in [0.2, 0.25) is 0 Å². The Morgan fingerprint density at radius 1 is 0.949 bits per heavy atom. The van der Waals surface area contributed by atoms with Gasteiger partial charge in [0.15, 0.2) is 0 Å². The number of carbonyl (C=O) groups is 3. The van der Waals surface area contributed by atoms with Crippen LogP contribution < -0.4 is 4.74 Å². The number of likely N-dealkylation sites (N-methyl/N-ethyl adjacent to an activating group) is 1. The van der Waals surface area contributed by atoms with Gasteiger partial charge in [0.25, 0.3) is 0 Å². The summed E-state index contributed by atoms with van der Waals surface area (Å²) >= 11 is 0. The summed E-state index contributed by atoms with van der Waals surface area (Å²) in [6.07, 6.45) is 1.57. The Morgan fingerprint density at radius 2 is 1.54 bits per heavy atom. The van der Waals surface area contributed by atoms with E-state index in [0.717, 1.165) is 5.56 Å². The Balaban J connectivity index is 1.27. The lowest BCUT2D eigenvalue weighted by atomic mass is 9.93. The summed E-state index contributed by atoms with van der Waals surface area (Å²) in [6.45, 7) is 1.48. The van der Waals surface area contributed by atoms with Crippen molar-refractivity contribution >= 4 is 17.9 Å². The van der Waals surface area contributed by atoms with Crippen LogP contribution in [0.25, 0.3) is 0 Å². The van der Waals surface area contributed by atoms with Gasteiger partial charge in [0.05, 0.1) is 12.1 Å². The number of ether oxygens (including phenoxy) is 1. The van der Waals surface area contributed by atoms with Gasteiger partial charge in [-0.2, -0.15) is 5.26 Å². The zero-order chi connectivity index (χ0) is 27.7. The molecule has 0 N–H and O–H groups in total. The Hall–Kier alpha value is -4.00. The summed E-state index contributed by atoms with van der Waals surface area (Å²) in [7, 11) is 1.59. The Morgan fingerprint density at radius 3 is 2.10 bits per heavy atom. The first-order valence-electron chi connectivity index (χ1n) is 13.2. The van der Waals surface area contributed by atoms with Crippen LogP contribution >= 0.6 is 0 Å². The molecule has 2 heterocycles. The Labute approximate surface area is 225 Å². The topological polar surface area (TPSA) is 93.9 Å². The van der Waals surface area contributed by atoms with Crippen molar-refractivity contribution in [3.05, 3.63) is 65.7 Å². The first-order chi connectivity index (χ1) is 18.7. The third-order valence-corrected chi connectivity index (χ3v) is 8.21. The standard InChI is InChI=1S/C29H30F2N4O4/c1-33(28(38)39-23-8-6-22(31)7-9-23)25-17-35(16-24(25)19-2-4-21(30)5-3-19)26(36)20-10-14-34(15-11-20)27(37)29(18-32)12-13-29/h2-9,20,24-25H,10-17H2,1H3/t24-,25+/m0/s1. The molecule has 0 bridgehead atoms. The van der Waals surface area contributed by atoms with Crippen LogP contribution in [0.3, 0.4) is 0 Å². The van der Waals surface area contributed by atoms with Crippen LogP contribution in [0.5, 0.6) is 5.75 Å². The van der Waals surface area contributed by atoms with E-state index >= 15 is 0 Å². The number of rotatable bonds is 5. The lowest BCUT2D eigenvalue weighted by Crippen LogP contribution is -2.47. The highest BCUT2D eigenvalue weighted by Gasteiger charge is 2.53. The highest BCUT2D eigenvalue weighted by molar-refractivity contribution is 5.88. The second kappa shape index (κ2) is 10.6. The van der Waals surface area contributed by atoms with Gasteiger partial charge >= 0.3 is 6.09 Å². The highest BCUT2D eigenvalue weighted by atomic mass is 19.1. The Bertz CT molecular complexity index is 1280. The maximum Gasteiger partial charge on any atom is 0.415 e. The molecular weight excluding hydrogens is 506 g/mol. The van der Waals surface area contributed by atoms with Crippen LogP contribution in [-0.2, 0) is 9.59 Å². The number of halogens is 2. The average molecular weight is 537 g/mol. The van der Waals surface area contributed by atoms with E-state index in [0.29, 0.717) is 45.3 Å². The smallest absolute Gasteiger partial charge is 0.410 e. The van der Waals surface area contributed by atoms with Crippen LogP contribution in [0, 0.1) is 34.3 Å². The highest BCUT2D eigenvalue weighted by Crippen LogP contribution is 2.47. The first-order valence-corrected chi connectivity index (χ1v) is 13.2. The SMILES string of the molecule is CN(C(=O)Oc1ccc(F)cc1)[C@@H]1CN(C(=O)C2CCN(C(=O)C3(C#N)CC3)CC2)C[C@H]1c1ccc(F)cc1. The van der Waals surface area contributed by atoms with E-state index in [4.69, 9.17) is 4.74 Å². The summed E-state index contributed by atoms with van der Waals surface area (Å²) in [6, 6.07) is 12.9. The van der Waals surface area contributed by atoms with E-state index in [-0.39, 0.29) is 41.8 Å². The van der Waals surface area contributed by atoms with Crippen molar-refractivity contribution < 1.29 is 27.9 Å². The van der Waals surface area contributed by atoms with Crippen LogP contribution in [0.4, 0.5) is 13.6 Å². The number of amides is 3. The predicted octanol–water partition coefficient (Wildman–Crippen LogP) is 3.93. The molecule has 3 fully saturated rings. The second-order valence-corrected chi connectivity index (χ2v) is 10.7. The van der Waals surface area contributed by atoms with E-state index in [1.54, 1.807) is 29.0 Å². The summed E-state index contributed by atoms with van der Waals surface area (Å²) in [4.78, 5) is 44.1. The number of likely N-dealkylation sites (tertiary alicyclic amines) is 2. The van der Waals surface area contributed by atoms with Gasteiger partial charge in [0.2, 0.25) is 11.8 Å². The summed E-state index contributed by atoms with van der Waals surface area (Å²) < 4.78 is 32.3. The first kappa shape index (κ1) is 26.6. The van der Waals surface area contributed by atoms with Gasteiger partial charge in [-0.05, 0) is 67.6 Å². The molecular formula is C29H30F2N4O4. The molecule has 1 aliphatic carbocycles. The normalized spacial score (nSPS) is 22.2. The molecule has 0 radical (unpaired) electrons. The third kappa shape index (κ3) is 5.44. The van der Waals surface area contributed by atoms with Gasteiger partial charge in [-0.25, -0.2) is 13.6 Å². The fourth-order valence-corrected chi connectivity index (χ4v) is 5.60. The molecule has 39 heavy (non-hydrogen) atoms. The molecule has 2 atom stereocenters. The molecule has 0 unspecified atom stereocenters. The van der Waals surface area contributed by atoms with Crippen LogP contribution in [0.15, 0.2) is 48.5 Å². The van der Waals surface area contributed by atoms with E-state index in [9.17, 15) is 28.4 Å². The van der Waals surface area contributed by atoms with Crippen LogP contribution in [-0.4, -0.2) is 71.9 Å². The molecule has 0 aromatic heterocycles. The van der Waals surface area contributed by atoms with Crippen molar-refractivity contribution in [3.8, 4) is 11.8 Å². The fraction of sp³-hybridized carbons (Fsp3) is 0.448. The quantitative estimate of drug-likeness (QED) is 0.577. The molecule has 1 saturated carbocycles. The van der Waals surface area contributed by atoms with E-state index in [2.05, 4.69) is 6.07 Å². The molecule has 2 aromatic rings. The molecule has 2 aromatic carbocycles. The second-order valence-electron chi connectivity index (χ2n) is 10.7. The molecule has 0 spiro atoms. The third-order valence-electron chi connectivity index (χ3n) is 8.21. The van der Waals surface area contributed by atoms with Crippen molar-refractivity contribution in [2.45, 2.75) is 37.6 Å². The predicted molar refractivity (Wildman–Crippen MR) is 136 cm³/mol. The maximum atomic E-state index is 13.6. The van der Waals surface area contributed by atoms with Gasteiger partial charge in [-0.1, -0.05) is 12.1 Å². The van der Waals surface area contributed by atoms with Gasteiger partial charge in [0.1, 0.15) is 22.8 Å². The minimum atomic E-state index is -0.867. The molecule has 3 amide bonds. The summed E-state index contributed by atoms with van der Waals surface area (Å²) in [5.74, 6) is -1.34. The zero-order valence-corrected chi connectivity index (χ0v) is 21.7. The molecule has 10 heteroatoms. The van der Waals surface area contributed by atoms with Crippen molar-refractivity contribution in [2.75, 3.05) is 33.2 Å². The molecule has 3 aliphatic rings. The number of hydrogen-bond donors (Lipinski definition) is 0. The average Bonchev–Trinajstić information content (AvgIpc) is 3.64. The number of nitrogens with zero attached hydrogens (tertiary/aromatic N) is 4. The van der Waals surface area contributed by atoms with Gasteiger partial charge in [-0.15, -0.1) is 0 Å². The molecule has 2 aliphatic heterocycles. The zero-order valence-electron chi connectivity index (χ0n) is 21.7. The van der Waals surface area contributed by atoms with Crippen molar-refractivity contribution in [1.29, 1.82) is 5.26 Å². The van der Waals surface area contributed by atoms with Gasteiger partial charge in [0, 0.05) is 45.1 Å². The minimum Gasteiger partial charge on any atom is -0.410 e. The van der Waals surface area contributed by atoms with E-state index in [1.807, 2.05) is 0 Å². The van der Waals surface area contributed by atoms with Crippen LogP contribution in [0.1, 0.15) is 37.2 Å².